The lowest BCUT2D eigenvalue weighted by molar-refractivity contribution is -0.125. The van der Waals surface area contributed by atoms with Crippen LogP contribution in [0.3, 0.4) is 0 Å². The molecule has 1 aliphatic carbocycles. The van der Waals surface area contributed by atoms with Crippen LogP contribution in [-0.4, -0.2) is 29.3 Å². The van der Waals surface area contributed by atoms with E-state index in [0.717, 1.165) is 54.4 Å². The third-order valence-corrected chi connectivity index (χ3v) is 8.63. The summed E-state index contributed by atoms with van der Waals surface area (Å²) in [4.78, 5) is 41.5. The molecule has 2 atom stereocenters. The molecule has 1 aromatic heterocycles. The van der Waals surface area contributed by atoms with Crippen molar-refractivity contribution in [3.8, 4) is 11.3 Å². The molecule has 6 rings (SSSR count). The van der Waals surface area contributed by atoms with Crippen LogP contribution in [-0.2, 0) is 16.0 Å². The summed E-state index contributed by atoms with van der Waals surface area (Å²) in [7, 11) is 0. The minimum atomic E-state index is -0.537. The zero-order valence-electron chi connectivity index (χ0n) is 24.5. The average Bonchev–Trinajstić information content (AvgIpc) is 3.42. The number of aromatic nitrogens is 1. The van der Waals surface area contributed by atoms with Gasteiger partial charge in [0.1, 0.15) is 0 Å². The van der Waals surface area contributed by atoms with Crippen molar-refractivity contribution >= 4 is 34.3 Å². The van der Waals surface area contributed by atoms with Gasteiger partial charge in [-0.2, -0.15) is 0 Å². The van der Waals surface area contributed by atoms with E-state index in [4.69, 9.17) is 5.73 Å². The van der Waals surface area contributed by atoms with E-state index in [9.17, 15) is 14.4 Å². The number of anilines is 1. The number of fused-ring (bicyclic) bond motifs is 1. The summed E-state index contributed by atoms with van der Waals surface area (Å²) in [6.45, 7) is -0.104. The third kappa shape index (κ3) is 6.27. The molecule has 0 unspecified atom stereocenters. The Morgan fingerprint density at radius 1 is 0.795 bits per heavy atom. The van der Waals surface area contributed by atoms with Crippen LogP contribution in [0.2, 0.25) is 0 Å². The highest BCUT2D eigenvalue weighted by atomic mass is 16.2. The normalized spacial score (nSPS) is 16.4. The number of hydrogen-bond donors (Lipinski definition) is 4. The lowest BCUT2D eigenvalue weighted by atomic mass is 9.75. The Balaban J connectivity index is 1.19. The number of amides is 3. The minimum Gasteiger partial charge on any atom is -0.376 e. The van der Waals surface area contributed by atoms with Gasteiger partial charge >= 0.3 is 0 Å². The smallest absolute Gasteiger partial charge is 0.259 e. The molecule has 44 heavy (non-hydrogen) atoms. The number of hydrogen-bond acceptors (Lipinski definition) is 4. The lowest BCUT2D eigenvalue weighted by Gasteiger charge is -2.31. The summed E-state index contributed by atoms with van der Waals surface area (Å²) < 4.78 is 0. The monoisotopic (exact) mass is 584 g/mol. The number of nitrogens with two attached hydrogens (primary N) is 1. The number of para-hydroxylation sites is 2. The standard InChI is InChI=1S/C37H36N4O3/c38-34(42)23-39-32-16-8-7-15-30(32)37(44)41-36(43)29-14-5-4-12-27(29)25-20-18-24(19-21-25)22-31-28-13-6-9-17-33(28)40-35(31)26-10-2-1-3-11-26/h1-3,6-11,13,15-21,27,29,39-40H,4-5,12,14,22-23H2,(H2,38,42)(H,41,43,44)/t27-,29+/m0/s1. The van der Waals surface area contributed by atoms with Crippen molar-refractivity contribution in [2.75, 3.05) is 11.9 Å². The van der Waals surface area contributed by atoms with Gasteiger partial charge in [-0.1, -0.05) is 97.8 Å². The molecule has 222 valence electrons. The van der Waals surface area contributed by atoms with Crippen LogP contribution in [0.1, 0.15) is 58.6 Å². The lowest BCUT2D eigenvalue weighted by Crippen LogP contribution is -2.39. The van der Waals surface area contributed by atoms with Crippen molar-refractivity contribution in [3.63, 3.8) is 0 Å². The second-order valence-electron chi connectivity index (χ2n) is 11.5. The van der Waals surface area contributed by atoms with Gasteiger partial charge in [-0.15, -0.1) is 0 Å². The predicted octanol–water partition coefficient (Wildman–Crippen LogP) is 6.55. The highest BCUT2D eigenvalue weighted by molar-refractivity contribution is 6.08. The molecule has 0 radical (unpaired) electrons. The second-order valence-corrected chi connectivity index (χ2v) is 11.5. The van der Waals surface area contributed by atoms with E-state index in [0.29, 0.717) is 11.3 Å². The van der Waals surface area contributed by atoms with Crippen molar-refractivity contribution in [2.45, 2.75) is 38.0 Å². The first-order valence-corrected chi connectivity index (χ1v) is 15.2. The molecule has 4 aromatic carbocycles. The first-order valence-electron chi connectivity index (χ1n) is 15.2. The second kappa shape index (κ2) is 13.0. The summed E-state index contributed by atoms with van der Waals surface area (Å²) in [5.41, 5.74) is 13.0. The molecular formula is C37H36N4O3. The Bertz CT molecular complexity index is 1790. The SMILES string of the molecule is NC(=O)CNc1ccccc1C(=O)NC(=O)[C@@H]1CCCC[C@H]1c1ccc(Cc2c(-c3ccccc3)[nH]c3ccccc23)cc1. The number of nitrogens with one attached hydrogen (secondary N) is 3. The van der Waals surface area contributed by atoms with Crippen LogP contribution in [0.5, 0.6) is 0 Å². The van der Waals surface area contributed by atoms with Gasteiger partial charge in [-0.3, -0.25) is 19.7 Å². The third-order valence-electron chi connectivity index (χ3n) is 8.63. The zero-order chi connectivity index (χ0) is 30.5. The average molecular weight is 585 g/mol. The molecule has 1 aliphatic rings. The first kappa shape index (κ1) is 28.9. The van der Waals surface area contributed by atoms with Gasteiger partial charge in [0.05, 0.1) is 17.8 Å². The van der Waals surface area contributed by atoms with Gasteiger partial charge in [0, 0.05) is 28.9 Å². The highest BCUT2D eigenvalue weighted by Crippen LogP contribution is 2.39. The van der Waals surface area contributed by atoms with E-state index < -0.39 is 11.8 Å². The number of aromatic amines is 1. The fraction of sp³-hybridized carbons (Fsp3) is 0.216. The van der Waals surface area contributed by atoms with Crippen LogP contribution in [0.4, 0.5) is 5.69 Å². The van der Waals surface area contributed by atoms with E-state index in [1.54, 1.807) is 24.3 Å². The molecule has 1 heterocycles. The summed E-state index contributed by atoms with van der Waals surface area (Å²) in [5, 5.41) is 6.73. The van der Waals surface area contributed by atoms with Gasteiger partial charge in [0.2, 0.25) is 11.8 Å². The Morgan fingerprint density at radius 2 is 1.50 bits per heavy atom. The largest absolute Gasteiger partial charge is 0.376 e. The van der Waals surface area contributed by atoms with Crippen LogP contribution < -0.4 is 16.4 Å². The van der Waals surface area contributed by atoms with Gasteiger partial charge in [-0.05, 0) is 59.2 Å². The van der Waals surface area contributed by atoms with E-state index in [2.05, 4.69) is 88.4 Å². The van der Waals surface area contributed by atoms with Gasteiger partial charge in [-0.25, -0.2) is 0 Å². The van der Waals surface area contributed by atoms with Gasteiger partial charge in [0.15, 0.2) is 0 Å². The topological polar surface area (TPSA) is 117 Å². The molecule has 5 N–H and O–H groups in total. The Hall–Kier alpha value is -5.17. The van der Waals surface area contributed by atoms with Crippen molar-refractivity contribution in [3.05, 3.63) is 125 Å². The maximum atomic E-state index is 13.5. The van der Waals surface area contributed by atoms with Crippen LogP contribution in [0.25, 0.3) is 22.2 Å². The Kier molecular flexibility index (Phi) is 8.55. The number of imide groups is 1. The molecule has 7 heteroatoms. The summed E-state index contributed by atoms with van der Waals surface area (Å²) >= 11 is 0. The van der Waals surface area contributed by atoms with Crippen molar-refractivity contribution in [1.82, 2.24) is 10.3 Å². The molecule has 0 aliphatic heterocycles. The molecule has 1 saturated carbocycles. The summed E-state index contributed by atoms with van der Waals surface area (Å²) in [5.74, 6) is -1.57. The van der Waals surface area contributed by atoms with E-state index in [1.807, 2.05) is 6.07 Å². The molecule has 0 saturated heterocycles. The Morgan fingerprint density at radius 3 is 2.30 bits per heavy atom. The molecule has 5 aromatic rings. The van der Waals surface area contributed by atoms with Crippen LogP contribution >= 0.6 is 0 Å². The summed E-state index contributed by atoms with van der Waals surface area (Å²) in [6, 6.07) is 34.2. The first-order chi connectivity index (χ1) is 21.5. The molecule has 7 nitrogen and oxygen atoms in total. The van der Waals surface area contributed by atoms with E-state index in [1.165, 1.54) is 16.5 Å². The fourth-order valence-electron chi connectivity index (χ4n) is 6.45. The molecule has 0 spiro atoms. The van der Waals surface area contributed by atoms with Crippen molar-refractivity contribution in [1.29, 1.82) is 0 Å². The van der Waals surface area contributed by atoms with Crippen molar-refractivity contribution in [2.24, 2.45) is 11.7 Å². The number of primary amides is 1. The van der Waals surface area contributed by atoms with Crippen LogP contribution in [0, 0.1) is 5.92 Å². The highest BCUT2D eigenvalue weighted by Gasteiger charge is 2.33. The van der Waals surface area contributed by atoms with Crippen LogP contribution in [0.15, 0.2) is 103 Å². The molecule has 0 bridgehead atoms. The summed E-state index contributed by atoms with van der Waals surface area (Å²) in [6.07, 6.45) is 4.38. The zero-order valence-corrected chi connectivity index (χ0v) is 24.5. The van der Waals surface area contributed by atoms with Gasteiger partial charge < -0.3 is 16.0 Å². The number of rotatable bonds is 9. The minimum absolute atomic E-state index is 0.0294. The van der Waals surface area contributed by atoms with Crippen molar-refractivity contribution < 1.29 is 14.4 Å². The maximum Gasteiger partial charge on any atom is 0.259 e. The molecular weight excluding hydrogens is 548 g/mol. The number of carbonyl (C=O) groups excluding carboxylic acids is 3. The number of carbonyl (C=O) groups is 3. The fourth-order valence-corrected chi connectivity index (χ4v) is 6.45. The number of H-pyrrole nitrogens is 1. The Labute approximate surface area is 256 Å². The molecule has 1 fully saturated rings. The quantitative estimate of drug-likeness (QED) is 0.147. The van der Waals surface area contributed by atoms with E-state index in [-0.39, 0.29) is 24.3 Å². The predicted molar refractivity (Wildman–Crippen MR) is 174 cm³/mol. The van der Waals surface area contributed by atoms with Gasteiger partial charge in [0.25, 0.3) is 5.91 Å². The maximum absolute atomic E-state index is 13.5. The number of benzene rings is 4. The van der Waals surface area contributed by atoms with E-state index >= 15 is 0 Å². The molecule has 3 amide bonds.